The molecule has 1 radical (unpaired) electrons. The second-order valence-electron chi connectivity index (χ2n) is 4.86. The maximum atomic E-state index is 9.58. The van der Waals surface area contributed by atoms with E-state index in [1.165, 1.54) is 5.92 Å². The molecule has 0 fully saturated rings. The first kappa shape index (κ1) is 14.9. The molecule has 1 aromatic rings. The Balaban J connectivity index is 2.98. The van der Waals surface area contributed by atoms with Crippen molar-refractivity contribution < 1.29 is 10.2 Å². The van der Waals surface area contributed by atoms with Gasteiger partial charge in [-0.2, -0.15) is 0 Å². The van der Waals surface area contributed by atoms with Gasteiger partial charge < -0.3 is 10.2 Å². The molecule has 2 N–H and O–H groups in total. The molecular formula is C16H23O2. The van der Waals surface area contributed by atoms with Crippen molar-refractivity contribution in [3.63, 3.8) is 0 Å². The van der Waals surface area contributed by atoms with Crippen LogP contribution in [0, 0.1) is 5.92 Å². The van der Waals surface area contributed by atoms with Crippen LogP contribution in [0.3, 0.4) is 0 Å². The summed E-state index contributed by atoms with van der Waals surface area (Å²) in [6.07, 6.45) is 3.18. The van der Waals surface area contributed by atoms with Crippen molar-refractivity contribution in [2.75, 3.05) is 0 Å². The molecule has 0 aromatic heterocycles. The van der Waals surface area contributed by atoms with E-state index in [2.05, 4.69) is 12.6 Å². The van der Waals surface area contributed by atoms with Gasteiger partial charge in [-0.05, 0) is 44.2 Å². The Hall–Kier alpha value is -1.12. The van der Waals surface area contributed by atoms with Crippen LogP contribution in [0.5, 0.6) is 0 Å². The monoisotopic (exact) mass is 247 g/mol. The third-order valence-corrected chi connectivity index (χ3v) is 2.85. The average molecular weight is 247 g/mol. The molecule has 0 heterocycles. The van der Waals surface area contributed by atoms with Crippen LogP contribution in [0.15, 0.2) is 36.9 Å². The topological polar surface area (TPSA) is 40.5 Å². The van der Waals surface area contributed by atoms with Gasteiger partial charge in [-0.1, -0.05) is 30.3 Å². The van der Waals surface area contributed by atoms with E-state index < -0.39 is 0 Å². The lowest BCUT2D eigenvalue weighted by Crippen LogP contribution is -2.13. The summed E-state index contributed by atoms with van der Waals surface area (Å²) >= 11 is 0. The first-order chi connectivity index (χ1) is 8.54. The highest BCUT2D eigenvalue weighted by molar-refractivity contribution is 5.39. The summed E-state index contributed by atoms with van der Waals surface area (Å²) in [4.78, 5) is 0. The van der Waals surface area contributed by atoms with E-state index in [4.69, 9.17) is 0 Å². The largest absolute Gasteiger partial charge is 0.393 e. The smallest absolute Gasteiger partial charge is 0.0552 e. The van der Waals surface area contributed by atoms with E-state index in [-0.39, 0.29) is 12.2 Å². The fraction of sp³-hybridized carbons (Fsp3) is 0.438. The fourth-order valence-corrected chi connectivity index (χ4v) is 2.20. The van der Waals surface area contributed by atoms with Gasteiger partial charge in [-0.3, -0.25) is 0 Å². The number of hydrogen-bond acceptors (Lipinski definition) is 2. The quantitative estimate of drug-likeness (QED) is 0.727. The van der Waals surface area contributed by atoms with E-state index in [1.807, 2.05) is 24.3 Å². The average Bonchev–Trinajstić information content (AvgIpc) is 2.28. The Morgan fingerprint density at radius 3 is 2.44 bits per heavy atom. The Morgan fingerprint density at radius 1 is 1.22 bits per heavy atom. The van der Waals surface area contributed by atoms with Crippen molar-refractivity contribution in [1.29, 1.82) is 0 Å². The van der Waals surface area contributed by atoms with Gasteiger partial charge >= 0.3 is 0 Å². The van der Waals surface area contributed by atoms with Crippen molar-refractivity contribution in [3.8, 4) is 0 Å². The molecule has 0 saturated heterocycles. The van der Waals surface area contributed by atoms with Crippen LogP contribution in [0.4, 0.5) is 0 Å². The van der Waals surface area contributed by atoms with Crippen molar-refractivity contribution in [1.82, 2.24) is 0 Å². The standard InChI is InChI=1S/C16H23O2/c1-4-7-14(10-12(2)17)16-9-6-5-8-15(16)11-13(3)18/h4-6,8-9,12-13,17-18H,1,7,10-11H2,2-3H3. The third-order valence-electron chi connectivity index (χ3n) is 2.85. The molecule has 0 aliphatic heterocycles. The summed E-state index contributed by atoms with van der Waals surface area (Å²) in [5, 5.41) is 19.1. The molecule has 0 aliphatic carbocycles. The molecule has 2 nitrogen and oxygen atoms in total. The lowest BCUT2D eigenvalue weighted by Gasteiger charge is -2.20. The summed E-state index contributed by atoms with van der Waals surface area (Å²) in [6.45, 7) is 7.35. The number of benzene rings is 1. The molecule has 0 bridgehead atoms. The molecule has 2 heteroatoms. The molecule has 99 valence electrons. The molecule has 0 saturated carbocycles. The minimum Gasteiger partial charge on any atom is -0.393 e. The summed E-state index contributed by atoms with van der Waals surface area (Å²) in [7, 11) is 0. The molecule has 18 heavy (non-hydrogen) atoms. The zero-order valence-electron chi connectivity index (χ0n) is 11.3. The fourth-order valence-electron chi connectivity index (χ4n) is 2.20. The minimum absolute atomic E-state index is 0.359. The van der Waals surface area contributed by atoms with Crippen LogP contribution in [0.1, 0.15) is 37.8 Å². The van der Waals surface area contributed by atoms with Gasteiger partial charge in [0.2, 0.25) is 0 Å². The van der Waals surface area contributed by atoms with Crippen LogP contribution in [0.25, 0.3) is 0 Å². The number of hydrogen-bond donors (Lipinski definition) is 2. The predicted octanol–water partition coefficient (Wildman–Crippen LogP) is 2.88. The van der Waals surface area contributed by atoms with Crippen molar-refractivity contribution in [3.05, 3.63) is 54.0 Å². The highest BCUT2D eigenvalue weighted by Crippen LogP contribution is 2.28. The summed E-state index contributed by atoms with van der Waals surface area (Å²) in [6, 6.07) is 8.06. The van der Waals surface area contributed by atoms with Crippen molar-refractivity contribution in [2.45, 2.75) is 45.3 Å². The van der Waals surface area contributed by atoms with Crippen LogP contribution < -0.4 is 0 Å². The normalized spacial score (nSPS) is 14.5. The summed E-state index contributed by atoms with van der Waals surface area (Å²) in [5.74, 6) is 1.18. The SMILES string of the molecule is C=CC[C](CC(C)O)c1ccccc1CC(C)O. The molecule has 1 aromatic carbocycles. The first-order valence-electron chi connectivity index (χ1n) is 6.44. The highest BCUT2D eigenvalue weighted by Gasteiger charge is 2.17. The molecule has 0 spiro atoms. The zero-order chi connectivity index (χ0) is 13.5. The maximum Gasteiger partial charge on any atom is 0.0552 e. The molecule has 2 unspecified atom stereocenters. The maximum absolute atomic E-state index is 9.58. The number of allylic oxidation sites excluding steroid dienone is 1. The summed E-state index contributed by atoms with van der Waals surface area (Å²) in [5.41, 5.74) is 2.27. The van der Waals surface area contributed by atoms with Gasteiger partial charge in [0.25, 0.3) is 0 Å². The number of aliphatic hydroxyl groups is 2. The highest BCUT2D eigenvalue weighted by atomic mass is 16.3. The number of rotatable bonds is 7. The van der Waals surface area contributed by atoms with E-state index in [9.17, 15) is 10.2 Å². The Labute approximate surface area is 110 Å². The van der Waals surface area contributed by atoms with Gasteiger partial charge in [-0.25, -0.2) is 0 Å². The van der Waals surface area contributed by atoms with Gasteiger partial charge in [0, 0.05) is 5.92 Å². The Bertz CT molecular complexity index is 369. The Kier molecular flexibility index (Phi) is 6.10. The van der Waals surface area contributed by atoms with E-state index >= 15 is 0 Å². The minimum atomic E-state index is -0.362. The second-order valence-corrected chi connectivity index (χ2v) is 4.86. The van der Waals surface area contributed by atoms with Gasteiger partial charge in [0.15, 0.2) is 0 Å². The molecule has 2 atom stereocenters. The van der Waals surface area contributed by atoms with Crippen molar-refractivity contribution >= 4 is 0 Å². The molecule has 0 amide bonds. The molecule has 1 rings (SSSR count). The molecule has 0 aliphatic rings. The lowest BCUT2D eigenvalue weighted by molar-refractivity contribution is 0.188. The van der Waals surface area contributed by atoms with Gasteiger partial charge in [0.1, 0.15) is 0 Å². The summed E-state index contributed by atoms with van der Waals surface area (Å²) < 4.78 is 0. The van der Waals surface area contributed by atoms with Crippen LogP contribution in [-0.4, -0.2) is 22.4 Å². The van der Waals surface area contributed by atoms with Gasteiger partial charge in [0.05, 0.1) is 12.2 Å². The van der Waals surface area contributed by atoms with Crippen LogP contribution in [0.2, 0.25) is 0 Å². The lowest BCUT2D eigenvalue weighted by atomic mass is 9.86. The number of aliphatic hydroxyl groups excluding tert-OH is 2. The first-order valence-corrected chi connectivity index (χ1v) is 6.44. The predicted molar refractivity (Wildman–Crippen MR) is 75.3 cm³/mol. The van der Waals surface area contributed by atoms with Crippen LogP contribution >= 0.6 is 0 Å². The Morgan fingerprint density at radius 2 is 1.89 bits per heavy atom. The third kappa shape index (κ3) is 4.63. The van der Waals surface area contributed by atoms with Gasteiger partial charge in [-0.15, -0.1) is 6.58 Å². The van der Waals surface area contributed by atoms with E-state index in [0.29, 0.717) is 12.8 Å². The molecular weight excluding hydrogens is 224 g/mol. The second kappa shape index (κ2) is 7.34. The zero-order valence-corrected chi connectivity index (χ0v) is 11.3. The van der Waals surface area contributed by atoms with Crippen molar-refractivity contribution in [2.24, 2.45) is 0 Å². The van der Waals surface area contributed by atoms with E-state index in [1.54, 1.807) is 13.8 Å². The van der Waals surface area contributed by atoms with E-state index in [0.717, 1.165) is 17.5 Å². The van der Waals surface area contributed by atoms with Crippen LogP contribution in [-0.2, 0) is 6.42 Å².